The van der Waals surface area contributed by atoms with Crippen molar-refractivity contribution in [1.82, 2.24) is 20.3 Å². The van der Waals surface area contributed by atoms with Gasteiger partial charge in [0, 0.05) is 24.8 Å². The van der Waals surface area contributed by atoms with Crippen molar-refractivity contribution in [1.29, 1.82) is 0 Å². The first-order valence-electron chi connectivity index (χ1n) is 4.95. The Labute approximate surface area is 88.8 Å². The van der Waals surface area contributed by atoms with Gasteiger partial charge >= 0.3 is 0 Å². The predicted molar refractivity (Wildman–Crippen MR) is 58.3 cm³/mol. The van der Waals surface area contributed by atoms with Gasteiger partial charge in [0.2, 0.25) is 0 Å². The van der Waals surface area contributed by atoms with Gasteiger partial charge in [-0.2, -0.15) is 0 Å². The molecule has 4 nitrogen and oxygen atoms in total. The molecule has 0 bridgehead atoms. The zero-order valence-corrected chi connectivity index (χ0v) is 8.64. The van der Waals surface area contributed by atoms with Crippen molar-refractivity contribution in [3.8, 4) is 0 Å². The van der Waals surface area contributed by atoms with Crippen LogP contribution < -0.4 is 5.32 Å². The first-order chi connectivity index (χ1) is 7.40. The van der Waals surface area contributed by atoms with Crippen molar-refractivity contribution in [2.24, 2.45) is 0 Å². The van der Waals surface area contributed by atoms with Crippen LogP contribution in [0, 0.1) is 0 Å². The lowest BCUT2D eigenvalue weighted by molar-refractivity contribution is 0.563. The number of rotatable bonds is 4. The van der Waals surface area contributed by atoms with Crippen molar-refractivity contribution in [2.45, 2.75) is 12.5 Å². The molecule has 0 saturated heterocycles. The maximum Gasteiger partial charge on any atom is 0.123 e. The Bertz CT molecular complexity index is 382. The van der Waals surface area contributed by atoms with E-state index in [4.69, 9.17) is 0 Å². The summed E-state index contributed by atoms with van der Waals surface area (Å²) >= 11 is 0. The van der Waals surface area contributed by atoms with E-state index in [9.17, 15) is 0 Å². The van der Waals surface area contributed by atoms with Gasteiger partial charge in [-0.1, -0.05) is 0 Å². The fraction of sp³-hybridized carbons (Fsp3) is 0.273. The smallest absolute Gasteiger partial charge is 0.123 e. The molecule has 0 fully saturated rings. The highest BCUT2D eigenvalue weighted by Crippen LogP contribution is 2.13. The third-order valence-electron chi connectivity index (χ3n) is 2.39. The second-order valence-corrected chi connectivity index (χ2v) is 3.38. The van der Waals surface area contributed by atoms with Crippen LogP contribution in [-0.2, 0) is 6.42 Å². The van der Waals surface area contributed by atoms with Gasteiger partial charge in [-0.3, -0.25) is 4.98 Å². The molecule has 0 saturated carbocycles. The number of nitrogens with zero attached hydrogens (tertiary/aromatic N) is 2. The molecule has 2 aromatic rings. The second kappa shape index (κ2) is 4.70. The lowest BCUT2D eigenvalue weighted by atomic mass is 10.1. The maximum atomic E-state index is 4.25. The van der Waals surface area contributed by atoms with E-state index in [-0.39, 0.29) is 6.04 Å². The van der Waals surface area contributed by atoms with Gasteiger partial charge in [0.15, 0.2) is 0 Å². The van der Waals surface area contributed by atoms with E-state index >= 15 is 0 Å². The maximum absolute atomic E-state index is 4.25. The van der Waals surface area contributed by atoms with Crippen LogP contribution in [0.2, 0.25) is 0 Å². The van der Waals surface area contributed by atoms with Crippen LogP contribution in [0.15, 0.2) is 36.9 Å². The highest BCUT2D eigenvalue weighted by Gasteiger charge is 2.11. The Morgan fingerprint density at radius 3 is 2.73 bits per heavy atom. The largest absolute Gasteiger partial charge is 0.347 e. The summed E-state index contributed by atoms with van der Waals surface area (Å²) in [6.07, 6.45) is 8.14. The third-order valence-corrected chi connectivity index (χ3v) is 2.39. The normalized spacial score (nSPS) is 12.6. The molecule has 0 aliphatic carbocycles. The van der Waals surface area contributed by atoms with Gasteiger partial charge < -0.3 is 10.3 Å². The van der Waals surface area contributed by atoms with Crippen molar-refractivity contribution in [2.75, 3.05) is 7.05 Å². The molecule has 78 valence electrons. The molecule has 2 aromatic heterocycles. The average Bonchev–Trinajstić information content (AvgIpc) is 2.81. The van der Waals surface area contributed by atoms with E-state index in [1.807, 2.05) is 37.8 Å². The summed E-state index contributed by atoms with van der Waals surface area (Å²) in [5.41, 5.74) is 1.25. The molecule has 2 rings (SSSR count). The first-order valence-corrected chi connectivity index (χ1v) is 4.95. The van der Waals surface area contributed by atoms with Crippen LogP contribution in [0.1, 0.15) is 17.4 Å². The standard InChI is InChI=1S/C11H14N4/c1-12-10(11-14-6-7-15-11)8-9-2-4-13-5-3-9/h2-7,10,12H,8H2,1H3,(H,14,15). The van der Waals surface area contributed by atoms with Crippen LogP contribution in [0.4, 0.5) is 0 Å². The highest BCUT2D eigenvalue weighted by molar-refractivity contribution is 5.13. The Morgan fingerprint density at radius 2 is 2.13 bits per heavy atom. The topological polar surface area (TPSA) is 53.6 Å². The lowest BCUT2D eigenvalue weighted by Gasteiger charge is -2.13. The molecule has 0 aromatic carbocycles. The molecule has 0 amide bonds. The zero-order chi connectivity index (χ0) is 10.5. The third kappa shape index (κ3) is 2.41. The summed E-state index contributed by atoms with van der Waals surface area (Å²) in [5.74, 6) is 0.967. The molecule has 0 aliphatic rings. The fourth-order valence-corrected chi connectivity index (χ4v) is 1.56. The van der Waals surface area contributed by atoms with Gasteiger partial charge in [-0.25, -0.2) is 4.98 Å². The number of hydrogen-bond donors (Lipinski definition) is 2. The number of likely N-dealkylation sites (N-methyl/N-ethyl adjacent to an activating group) is 1. The number of hydrogen-bond acceptors (Lipinski definition) is 3. The first kappa shape index (κ1) is 9.86. The summed E-state index contributed by atoms with van der Waals surface area (Å²) in [5, 5.41) is 3.24. The molecule has 2 N–H and O–H groups in total. The van der Waals surface area contributed by atoms with Gasteiger partial charge in [-0.15, -0.1) is 0 Å². The highest BCUT2D eigenvalue weighted by atomic mass is 15.0. The number of H-pyrrole nitrogens is 1. The zero-order valence-electron chi connectivity index (χ0n) is 8.64. The SMILES string of the molecule is CNC(Cc1ccncc1)c1ncc[nH]1. The molecular formula is C11H14N4. The van der Waals surface area contributed by atoms with E-state index in [0.29, 0.717) is 0 Å². The van der Waals surface area contributed by atoms with E-state index < -0.39 is 0 Å². The van der Waals surface area contributed by atoms with Crippen LogP contribution in [0.5, 0.6) is 0 Å². The van der Waals surface area contributed by atoms with Crippen LogP contribution in [0.25, 0.3) is 0 Å². The number of imidazole rings is 1. The molecule has 15 heavy (non-hydrogen) atoms. The molecule has 2 heterocycles. The second-order valence-electron chi connectivity index (χ2n) is 3.38. The summed E-state index contributed by atoms with van der Waals surface area (Å²) in [7, 11) is 1.94. The van der Waals surface area contributed by atoms with Gasteiger partial charge in [0.05, 0.1) is 6.04 Å². The number of pyridine rings is 1. The number of aromatic nitrogens is 3. The molecule has 4 heteroatoms. The molecule has 1 atom stereocenters. The molecule has 1 unspecified atom stereocenters. The van der Waals surface area contributed by atoms with Gasteiger partial charge in [0.1, 0.15) is 5.82 Å². The molecule has 0 radical (unpaired) electrons. The van der Waals surface area contributed by atoms with Crippen molar-refractivity contribution < 1.29 is 0 Å². The van der Waals surface area contributed by atoms with Crippen LogP contribution >= 0.6 is 0 Å². The monoisotopic (exact) mass is 202 g/mol. The van der Waals surface area contributed by atoms with Crippen molar-refractivity contribution in [3.63, 3.8) is 0 Å². The predicted octanol–water partition coefficient (Wildman–Crippen LogP) is 1.31. The van der Waals surface area contributed by atoms with E-state index in [2.05, 4.69) is 20.3 Å². The number of nitrogens with one attached hydrogen (secondary N) is 2. The Hall–Kier alpha value is -1.68. The Kier molecular flexibility index (Phi) is 3.09. The number of aromatic amines is 1. The minimum Gasteiger partial charge on any atom is -0.347 e. The van der Waals surface area contributed by atoms with Gasteiger partial charge in [-0.05, 0) is 31.2 Å². The molecular weight excluding hydrogens is 188 g/mol. The van der Waals surface area contributed by atoms with Crippen molar-refractivity contribution in [3.05, 3.63) is 48.3 Å². The van der Waals surface area contributed by atoms with Crippen LogP contribution in [0.3, 0.4) is 0 Å². The average molecular weight is 202 g/mol. The Morgan fingerprint density at radius 1 is 1.33 bits per heavy atom. The summed E-state index contributed by atoms with van der Waals surface area (Å²) in [6.45, 7) is 0. The summed E-state index contributed by atoms with van der Waals surface area (Å²) in [4.78, 5) is 11.4. The minimum absolute atomic E-state index is 0.224. The van der Waals surface area contributed by atoms with E-state index in [1.165, 1.54) is 5.56 Å². The van der Waals surface area contributed by atoms with E-state index in [1.54, 1.807) is 6.20 Å². The quantitative estimate of drug-likeness (QED) is 0.786. The van der Waals surface area contributed by atoms with E-state index in [0.717, 1.165) is 12.2 Å². The van der Waals surface area contributed by atoms with Crippen LogP contribution in [-0.4, -0.2) is 22.0 Å². The fourth-order valence-electron chi connectivity index (χ4n) is 1.56. The Balaban J connectivity index is 2.10. The summed E-state index contributed by atoms with van der Waals surface area (Å²) < 4.78 is 0. The minimum atomic E-state index is 0.224. The molecule has 0 spiro atoms. The summed E-state index contributed by atoms with van der Waals surface area (Å²) in [6, 6.07) is 4.27. The molecule has 0 aliphatic heterocycles. The van der Waals surface area contributed by atoms with Crippen molar-refractivity contribution >= 4 is 0 Å². The lowest BCUT2D eigenvalue weighted by Crippen LogP contribution is -2.20. The van der Waals surface area contributed by atoms with Gasteiger partial charge in [0.25, 0.3) is 0 Å².